The standard InChI is InChI=1S/C16H21N3OS.C15H18N2O2.C13H14N2O2/c1-11-4-5-14-13(8-11)12(10-19-14)9-15(17-2)16(20)18-6-7-21-3;1-4-19-15(18)14(16-3)8-11-9-17-13-6-5-10(2)7-12(11)13;1-8-3-4-11-10(5-8)9(7-15-11)6-12(14-2)13(16)17/h4-5,8,10,19H,6-7,9H2,1-3H3,(H,18,20);5-7,9,17H,4,8H2,1-3H3;3-5,7,15H,6H2,1-2H3,(H,16,17). The van der Waals surface area contributed by atoms with Crippen molar-refractivity contribution in [2.45, 2.75) is 47.0 Å². The molecule has 3 aromatic carbocycles. The number of aromatic nitrogens is 3. The van der Waals surface area contributed by atoms with Gasteiger partial charge in [0.2, 0.25) is 0 Å². The number of esters is 1. The van der Waals surface area contributed by atoms with Gasteiger partial charge in [-0.25, -0.2) is 9.59 Å². The molecule has 0 atom stereocenters. The van der Waals surface area contributed by atoms with E-state index in [1.54, 1.807) is 32.8 Å². The monoisotopic (exact) mass is 791 g/mol. The molecule has 6 rings (SSSR count). The number of aliphatic carboxylic acids is 1. The summed E-state index contributed by atoms with van der Waals surface area (Å²) in [6.07, 6.45) is 9.13. The van der Waals surface area contributed by atoms with Crippen molar-refractivity contribution in [2.24, 2.45) is 15.0 Å². The molecule has 300 valence electrons. The molecule has 0 saturated carbocycles. The fourth-order valence-electron chi connectivity index (χ4n) is 6.19. The predicted molar refractivity (Wildman–Crippen MR) is 236 cm³/mol. The van der Waals surface area contributed by atoms with Crippen LogP contribution in [0.5, 0.6) is 0 Å². The minimum absolute atomic E-state index is 0.0754. The van der Waals surface area contributed by atoms with Gasteiger partial charge in [0.25, 0.3) is 5.91 Å². The highest BCUT2D eigenvalue weighted by molar-refractivity contribution is 7.98. The first kappa shape index (κ1) is 43.8. The van der Waals surface area contributed by atoms with Gasteiger partial charge in [0.05, 0.1) is 6.61 Å². The number of benzene rings is 3. The largest absolute Gasteiger partial charge is 0.477 e. The smallest absolute Gasteiger partial charge is 0.352 e. The molecule has 57 heavy (non-hydrogen) atoms. The van der Waals surface area contributed by atoms with Crippen LogP contribution < -0.4 is 5.32 Å². The molecule has 5 N–H and O–H groups in total. The maximum atomic E-state index is 12.1. The summed E-state index contributed by atoms with van der Waals surface area (Å²) < 4.78 is 5.00. The van der Waals surface area contributed by atoms with Gasteiger partial charge >= 0.3 is 11.9 Å². The molecule has 0 bridgehead atoms. The number of rotatable bonds is 13. The van der Waals surface area contributed by atoms with E-state index in [2.05, 4.69) is 85.5 Å². The third-order valence-electron chi connectivity index (χ3n) is 9.26. The van der Waals surface area contributed by atoms with Crippen LogP contribution in [-0.4, -0.2) is 101 Å². The third kappa shape index (κ3) is 12.0. The Bertz CT molecular complexity index is 2420. The number of fused-ring (bicyclic) bond motifs is 3. The highest BCUT2D eigenvalue weighted by Gasteiger charge is 2.16. The van der Waals surface area contributed by atoms with E-state index in [1.807, 2.05) is 50.0 Å². The molecular formula is C44H53N7O5S. The zero-order valence-corrected chi connectivity index (χ0v) is 34.8. The first-order valence-electron chi connectivity index (χ1n) is 18.7. The Hall–Kier alpha value is -5.95. The summed E-state index contributed by atoms with van der Waals surface area (Å²) in [5, 5.41) is 15.2. The second-order valence-corrected chi connectivity index (χ2v) is 14.4. The maximum Gasteiger partial charge on any atom is 0.352 e. The third-order valence-corrected chi connectivity index (χ3v) is 9.88. The number of aromatic amines is 3. The maximum absolute atomic E-state index is 12.1. The molecule has 3 heterocycles. The van der Waals surface area contributed by atoms with Crippen LogP contribution in [0.4, 0.5) is 0 Å². The number of aliphatic imine (C=N–C) groups is 3. The van der Waals surface area contributed by atoms with Crippen LogP contribution >= 0.6 is 11.8 Å². The topological polar surface area (TPSA) is 177 Å². The SMILES string of the molecule is CCOC(=O)C(Cc1c[nH]c2ccc(C)cc12)=NC.CN=C(Cc1c[nH]c2ccc(C)cc12)C(=O)NCCSC.CN=C(Cc1c[nH]c2ccc(C)cc12)C(=O)O. The van der Waals surface area contributed by atoms with Crippen LogP contribution in [0, 0.1) is 20.8 Å². The summed E-state index contributed by atoms with van der Waals surface area (Å²) in [6, 6.07) is 18.6. The Labute approximate surface area is 337 Å². The lowest BCUT2D eigenvalue weighted by atomic mass is 10.1. The number of carbonyl (C=O) groups is 3. The zero-order chi connectivity index (χ0) is 41.5. The van der Waals surface area contributed by atoms with Crippen molar-refractivity contribution in [1.82, 2.24) is 20.3 Å². The number of carbonyl (C=O) groups excluding carboxylic acids is 2. The van der Waals surface area contributed by atoms with Crippen molar-refractivity contribution < 1.29 is 24.2 Å². The van der Waals surface area contributed by atoms with Crippen molar-refractivity contribution >= 4 is 79.5 Å². The number of nitrogens with one attached hydrogen (secondary N) is 4. The normalized spacial score (nSPS) is 11.9. The minimum atomic E-state index is -0.963. The number of nitrogens with zero attached hydrogens (tertiary/aromatic N) is 3. The molecule has 3 aromatic heterocycles. The van der Waals surface area contributed by atoms with E-state index in [-0.39, 0.29) is 17.6 Å². The number of carboxylic acids is 1. The molecule has 0 aliphatic heterocycles. The van der Waals surface area contributed by atoms with E-state index in [0.717, 1.165) is 60.7 Å². The predicted octanol–water partition coefficient (Wildman–Crippen LogP) is 7.40. The molecule has 12 nitrogen and oxygen atoms in total. The Balaban J connectivity index is 0.000000190. The van der Waals surface area contributed by atoms with Gasteiger partial charge in [-0.15, -0.1) is 0 Å². The number of amides is 1. The van der Waals surface area contributed by atoms with E-state index in [0.29, 0.717) is 43.8 Å². The number of hydrogen-bond donors (Lipinski definition) is 5. The number of H-pyrrole nitrogens is 3. The molecular weight excluding hydrogens is 739 g/mol. The number of thioether (sulfide) groups is 1. The molecule has 13 heteroatoms. The van der Waals surface area contributed by atoms with Crippen LogP contribution in [0.3, 0.4) is 0 Å². The Kier molecular flexibility index (Phi) is 16.4. The quantitative estimate of drug-likeness (QED) is 0.0463. The van der Waals surface area contributed by atoms with E-state index >= 15 is 0 Å². The molecule has 1 amide bonds. The fraction of sp³-hybridized carbons (Fsp3) is 0.318. The van der Waals surface area contributed by atoms with Gasteiger partial charge in [0.1, 0.15) is 17.1 Å². The first-order chi connectivity index (χ1) is 27.4. The Morgan fingerprint density at radius 1 is 0.667 bits per heavy atom. The second-order valence-electron chi connectivity index (χ2n) is 13.4. The van der Waals surface area contributed by atoms with Crippen LogP contribution in [0.1, 0.15) is 40.3 Å². The van der Waals surface area contributed by atoms with Gasteiger partial charge in [0.15, 0.2) is 0 Å². The highest BCUT2D eigenvalue weighted by Crippen LogP contribution is 2.23. The lowest BCUT2D eigenvalue weighted by Gasteiger charge is -2.07. The fourth-order valence-corrected chi connectivity index (χ4v) is 6.50. The van der Waals surface area contributed by atoms with Gasteiger partial charge in [-0.2, -0.15) is 11.8 Å². The summed E-state index contributed by atoms with van der Waals surface area (Å²) in [5.41, 5.74) is 11.1. The lowest BCUT2D eigenvalue weighted by Crippen LogP contribution is -2.33. The van der Waals surface area contributed by atoms with Gasteiger partial charge in [-0.05, 0) is 87.0 Å². The zero-order valence-electron chi connectivity index (χ0n) is 34.0. The molecule has 0 unspecified atom stereocenters. The van der Waals surface area contributed by atoms with Crippen molar-refractivity contribution in [3.63, 3.8) is 0 Å². The van der Waals surface area contributed by atoms with E-state index in [9.17, 15) is 14.4 Å². The van der Waals surface area contributed by atoms with Gasteiger partial charge in [-0.1, -0.05) is 34.9 Å². The van der Waals surface area contributed by atoms with Gasteiger partial charge in [0, 0.05) is 104 Å². The van der Waals surface area contributed by atoms with Crippen LogP contribution in [0.25, 0.3) is 32.7 Å². The molecule has 0 spiro atoms. The molecule has 0 aliphatic carbocycles. The van der Waals surface area contributed by atoms with Crippen molar-refractivity contribution in [2.75, 3.05) is 46.3 Å². The van der Waals surface area contributed by atoms with Gasteiger partial charge in [-0.3, -0.25) is 19.8 Å². The summed E-state index contributed by atoms with van der Waals surface area (Å²) >= 11 is 1.71. The summed E-state index contributed by atoms with van der Waals surface area (Å²) in [5.74, 6) is -0.468. The van der Waals surface area contributed by atoms with E-state index in [4.69, 9.17) is 9.84 Å². The van der Waals surface area contributed by atoms with Crippen molar-refractivity contribution in [1.29, 1.82) is 0 Å². The molecule has 0 fully saturated rings. The summed E-state index contributed by atoms with van der Waals surface area (Å²) in [7, 11) is 4.79. The molecule has 0 saturated heterocycles. The highest BCUT2D eigenvalue weighted by atomic mass is 32.2. The number of aryl methyl sites for hydroxylation is 3. The average molecular weight is 792 g/mol. The van der Waals surface area contributed by atoms with Gasteiger partial charge < -0.3 is 30.1 Å². The van der Waals surface area contributed by atoms with Crippen LogP contribution in [-0.2, 0) is 38.4 Å². The lowest BCUT2D eigenvalue weighted by molar-refractivity contribution is -0.135. The average Bonchev–Trinajstić information content (AvgIpc) is 3.91. The van der Waals surface area contributed by atoms with E-state index < -0.39 is 5.97 Å². The van der Waals surface area contributed by atoms with Crippen LogP contribution in [0.15, 0.2) is 88.2 Å². The number of ether oxygens (including phenoxy) is 1. The minimum Gasteiger partial charge on any atom is -0.477 e. The van der Waals surface area contributed by atoms with E-state index in [1.165, 1.54) is 18.2 Å². The molecule has 6 aromatic rings. The molecule has 0 aliphatic rings. The van der Waals surface area contributed by atoms with Crippen LogP contribution in [0.2, 0.25) is 0 Å². The number of hydrogen-bond acceptors (Lipinski definition) is 8. The number of carboxylic acid groups (broad SMARTS) is 1. The van der Waals surface area contributed by atoms with Crippen molar-refractivity contribution in [3.8, 4) is 0 Å². The molecule has 0 radical (unpaired) electrons. The summed E-state index contributed by atoms with van der Waals surface area (Å²) in [6.45, 7) is 8.97. The second kappa shape index (κ2) is 21.4. The van der Waals surface area contributed by atoms with Crippen molar-refractivity contribution in [3.05, 3.63) is 107 Å². The Morgan fingerprint density at radius 3 is 1.44 bits per heavy atom. The first-order valence-corrected chi connectivity index (χ1v) is 20.1. The summed E-state index contributed by atoms with van der Waals surface area (Å²) in [4.78, 5) is 56.4. The Morgan fingerprint density at radius 2 is 1.07 bits per heavy atom.